The van der Waals surface area contributed by atoms with Crippen molar-refractivity contribution in [3.8, 4) is 0 Å². The van der Waals surface area contributed by atoms with Gasteiger partial charge in [0.05, 0.1) is 29.5 Å². The quantitative estimate of drug-likeness (QED) is 0.920. The smallest absolute Gasteiger partial charge is 0.150 e. The van der Waals surface area contributed by atoms with E-state index in [0.717, 1.165) is 37.6 Å². The predicted molar refractivity (Wildman–Crippen MR) is 78.0 cm³/mol. The summed E-state index contributed by atoms with van der Waals surface area (Å²) in [4.78, 5) is 11.3. The molecule has 0 saturated carbocycles. The molecule has 2 aromatic rings. The van der Waals surface area contributed by atoms with Crippen LogP contribution >= 0.6 is 11.3 Å². The Kier molecular flexibility index (Phi) is 3.63. The maximum Gasteiger partial charge on any atom is 0.150 e. The number of fused-ring (bicyclic) bond motifs is 1. The number of nitrogens with zero attached hydrogens (tertiary/aromatic N) is 3. The van der Waals surface area contributed by atoms with Gasteiger partial charge in [-0.05, 0) is 24.9 Å². The van der Waals surface area contributed by atoms with E-state index in [1.165, 1.54) is 10.3 Å². The van der Waals surface area contributed by atoms with Crippen LogP contribution in [0.15, 0.2) is 11.7 Å². The summed E-state index contributed by atoms with van der Waals surface area (Å²) in [6.45, 7) is 5.39. The number of thiophene rings is 1. The van der Waals surface area contributed by atoms with Gasteiger partial charge in [-0.1, -0.05) is 0 Å². The van der Waals surface area contributed by atoms with Crippen LogP contribution in [-0.2, 0) is 4.74 Å². The summed E-state index contributed by atoms with van der Waals surface area (Å²) < 4.78 is 6.77. The Morgan fingerprint density at radius 2 is 2.42 bits per heavy atom. The molecule has 0 amide bonds. The van der Waals surface area contributed by atoms with Gasteiger partial charge in [0.15, 0.2) is 0 Å². The second-order valence-corrected chi connectivity index (χ2v) is 5.65. The SMILES string of the molecule is CNCC1COCCN1c1ncnc2c(C)csc12. The van der Waals surface area contributed by atoms with Crippen LogP contribution in [0.25, 0.3) is 10.2 Å². The standard InChI is InChI=1S/C13H18N4OS/c1-9-7-19-12-11(9)15-8-16-13(12)17-3-4-18-6-10(17)5-14-2/h7-8,10,14H,3-6H2,1-2H3. The molecule has 0 spiro atoms. The van der Waals surface area contributed by atoms with E-state index in [4.69, 9.17) is 4.74 Å². The fraction of sp³-hybridized carbons (Fsp3) is 0.538. The number of aryl methyl sites for hydroxylation is 1. The van der Waals surface area contributed by atoms with Crippen molar-refractivity contribution in [2.75, 3.05) is 38.3 Å². The first-order chi connectivity index (χ1) is 9.31. The van der Waals surface area contributed by atoms with Crippen molar-refractivity contribution in [1.29, 1.82) is 0 Å². The summed E-state index contributed by atoms with van der Waals surface area (Å²) in [6.07, 6.45) is 1.67. The van der Waals surface area contributed by atoms with Crippen LogP contribution in [0.4, 0.5) is 5.82 Å². The summed E-state index contributed by atoms with van der Waals surface area (Å²) in [7, 11) is 1.97. The zero-order chi connectivity index (χ0) is 13.2. The molecule has 1 fully saturated rings. The number of morpholine rings is 1. The third-order valence-electron chi connectivity index (χ3n) is 3.45. The van der Waals surface area contributed by atoms with Crippen molar-refractivity contribution >= 4 is 27.4 Å². The lowest BCUT2D eigenvalue weighted by Crippen LogP contribution is -2.50. The van der Waals surface area contributed by atoms with E-state index in [1.807, 2.05) is 7.05 Å². The van der Waals surface area contributed by atoms with Gasteiger partial charge in [-0.2, -0.15) is 0 Å². The topological polar surface area (TPSA) is 50.3 Å². The average Bonchev–Trinajstić information content (AvgIpc) is 2.82. The molecule has 1 aliphatic heterocycles. The van der Waals surface area contributed by atoms with Crippen LogP contribution in [0.5, 0.6) is 0 Å². The Balaban J connectivity index is 2.01. The van der Waals surface area contributed by atoms with Crippen LogP contribution in [0.3, 0.4) is 0 Å². The number of hydrogen-bond acceptors (Lipinski definition) is 6. The van der Waals surface area contributed by atoms with Gasteiger partial charge < -0.3 is 15.0 Å². The van der Waals surface area contributed by atoms with Gasteiger partial charge in [-0.3, -0.25) is 0 Å². The second kappa shape index (κ2) is 5.40. The van der Waals surface area contributed by atoms with Crippen molar-refractivity contribution in [2.45, 2.75) is 13.0 Å². The summed E-state index contributed by atoms with van der Waals surface area (Å²) in [6, 6.07) is 0.333. The van der Waals surface area contributed by atoms with E-state index in [1.54, 1.807) is 17.7 Å². The van der Waals surface area contributed by atoms with Gasteiger partial charge in [0.2, 0.25) is 0 Å². The molecule has 0 aromatic carbocycles. The minimum Gasteiger partial charge on any atom is -0.377 e. The van der Waals surface area contributed by atoms with Crippen molar-refractivity contribution in [2.24, 2.45) is 0 Å². The van der Waals surface area contributed by atoms with E-state index >= 15 is 0 Å². The molecule has 3 heterocycles. The summed E-state index contributed by atoms with van der Waals surface area (Å²) in [5.41, 5.74) is 2.30. The zero-order valence-corrected chi connectivity index (χ0v) is 12.0. The minimum absolute atomic E-state index is 0.333. The molecule has 0 radical (unpaired) electrons. The van der Waals surface area contributed by atoms with Crippen LogP contribution in [0.2, 0.25) is 0 Å². The highest BCUT2D eigenvalue weighted by atomic mass is 32.1. The number of hydrogen-bond donors (Lipinski definition) is 1. The number of nitrogens with one attached hydrogen (secondary N) is 1. The monoisotopic (exact) mass is 278 g/mol. The lowest BCUT2D eigenvalue weighted by molar-refractivity contribution is 0.0941. The van der Waals surface area contributed by atoms with Crippen LogP contribution in [-0.4, -0.2) is 49.4 Å². The molecule has 1 N–H and O–H groups in total. The third kappa shape index (κ3) is 2.31. The summed E-state index contributed by atoms with van der Waals surface area (Å²) in [5, 5.41) is 5.38. The molecule has 6 heteroatoms. The van der Waals surface area contributed by atoms with Gasteiger partial charge in [-0.25, -0.2) is 9.97 Å². The maximum absolute atomic E-state index is 5.58. The Bertz CT molecular complexity index is 569. The number of rotatable bonds is 3. The molecule has 0 bridgehead atoms. The second-order valence-electron chi connectivity index (χ2n) is 4.77. The molecule has 2 aromatic heterocycles. The fourth-order valence-corrected chi connectivity index (χ4v) is 3.51. The Labute approximate surface area is 116 Å². The van der Waals surface area contributed by atoms with Gasteiger partial charge >= 0.3 is 0 Å². The highest BCUT2D eigenvalue weighted by Gasteiger charge is 2.25. The molecule has 0 aliphatic carbocycles. The van der Waals surface area contributed by atoms with E-state index in [0.29, 0.717) is 6.04 Å². The van der Waals surface area contributed by atoms with Gasteiger partial charge in [-0.15, -0.1) is 11.3 Å². The van der Waals surface area contributed by atoms with Crippen molar-refractivity contribution < 1.29 is 4.74 Å². The number of likely N-dealkylation sites (N-methyl/N-ethyl adjacent to an activating group) is 1. The number of anilines is 1. The van der Waals surface area contributed by atoms with Crippen molar-refractivity contribution in [1.82, 2.24) is 15.3 Å². The van der Waals surface area contributed by atoms with Crippen LogP contribution in [0.1, 0.15) is 5.56 Å². The summed E-state index contributed by atoms with van der Waals surface area (Å²) >= 11 is 1.73. The molecular weight excluding hydrogens is 260 g/mol. The van der Waals surface area contributed by atoms with Gasteiger partial charge in [0.25, 0.3) is 0 Å². The first kappa shape index (κ1) is 12.8. The third-order valence-corrected chi connectivity index (χ3v) is 4.53. The molecule has 1 atom stereocenters. The molecule has 5 nitrogen and oxygen atoms in total. The zero-order valence-electron chi connectivity index (χ0n) is 11.2. The molecule has 1 unspecified atom stereocenters. The molecule has 102 valence electrons. The molecule has 1 saturated heterocycles. The summed E-state index contributed by atoms with van der Waals surface area (Å²) in [5.74, 6) is 1.05. The molecule has 19 heavy (non-hydrogen) atoms. The van der Waals surface area contributed by atoms with E-state index in [2.05, 4.69) is 32.5 Å². The first-order valence-corrected chi connectivity index (χ1v) is 7.37. The Morgan fingerprint density at radius 3 is 3.26 bits per heavy atom. The maximum atomic E-state index is 5.58. The highest BCUT2D eigenvalue weighted by molar-refractivity contribution is 7.18. The van der Waals surface area contributed by atoms with E-state index < -0.39 is 0 Å². The van der Waals surface area contributed by atoms with E-state index in [-0.39, 0.29) is 0 Å². The largest absolute Gasteiger partial charge is 0.377 e. The minimum atomic E-state index is 0.333. The first-order valence-electron chi connectivity index (χ1n) is 6.49. The molecule has 3 rings (SSSR count). The van der Waals surface area contributed by atoms with Gasteiger partial charge in [0.1, 0.15) is 12.1 Å². The number of aromatic nitrogens is 2. The lowest BCUT2D eigenvalue weighted by Gasteiger charge is -2.36. The van der Waals surface area contributed by atoms with Gasteiger partial charge in [0, 0.05) is 13.1 Å². The molecular formula is C13H18N4OS. The Morgan fingerprint density at radius 1 is 1.53 bits per heavy atom. The lowest BCUT2D eigenvalue weighted by atomic mass is 10.2. The average molecular weight is 278 g/mol. The Hall–Kier alpha value is -1.24. The van der Waals surface area contributed by atoms with Crippen molar-refractivity contribution in [3.05, 3.63) is 17.3 Å². The highest BCUT2D eigenvalue weighted by Crippen LogP contribution is 2.32. The van der Waals surface area contributed by atoms with Crippen LogP contribution < -0.4 is 10.2 Å². The normalized spacial score (nSPS) is 20.1. The van der Waals surface area contributed by atoms with Crippen molar-refractivity contribution in [3.63, 3.8) is 0 Å². The van der Waals surface area contributed by atoms with E-state index in [9.17, 15) is 0 Å². The number of ether oxygens (including phenoxy) is 1. The fourth-order valence-electron chi connectivity index (χ4n) is 2.50. The van der Waals surface area contributed by atoms with Crippen LogP contribution in [0, 0.1) is 6.92 Å². The predicted octanol–water partition coefficient (Wildman–Crippen LogP) is 1.42. The molecule has 1 aliphatic rings.